The largest absolute Gasteiger partial charge is 0.493 e. The van der Waals surface area contributed by atoms with Crippen LogP contribution in [0.2, 0.25) is 0 Å². The Bertz CT molecular complexity index is 437. The topological polar surface area (TPSA) is 21.3 Å². The fraction of sp³-hybridized carbons (Fsp3) is 0.647. The minimum Gasteiger partial charge on any atom is -0.493 e. The van der Waals surface area contributed by atoms with Crippen molar-refractivity contribution >= 4 is 0 Å². The monoisotopic (exact) mass is 281 g/mol. The Morgan fingerprint density at radius 3 is 2.50 bits per heavy atom. The van der Waals surface area contributed by atoms with Crippen molar-refractivity contribution < 1.29 is 9.13 Å². The number of ether oxygens (including phenoxy) is 1. The van der Waals surface area contributed by atoms with Gasteiger partial charge in [0.15, 0.2) is 0 Å². The Kier molecular flexibility index (Phi) is 6.00. The molecule has 0 bridgehead atoms. The standard InChI is InChI=1S/C17H28FNO/c1-7-19-13(3)14-11-15(18)12(2)10-16(14)20-9-8-17(4,5)6/h10-11,13,19H,7-9H2,1-6H3. The first kappa shape index (κ1) is 17.0. The first-order valence-electron chi connectivity index (χ1n) is 7.41. The summed E-state index contributed by atoms with van der Waals surface area (Å²) in [5.74, 6) is 0.620. The molecule has 1 aromatic carbocycles. The molecule has 114 valence electrons. The lowest BCUT2D eigenvalue weighted by atomic mass is 9.93. The molecule has 1 aromatic rings. The Labute approximate surface area is 122 Å². The highest BCUT2D eigenvalue weighted by Crippen LogP contribution is 2.29. The smallest absolute Gasteiger partial charge is 0.126 e. The molecule has 0 aliphatic rings. The van der Waals surface area contributed by atoms with Gasteiger partial charge in [0.2, 0.25) is 0 Å². The van der Waals surface area contributed by atoms with Crippen molar-refractivity contribution in [1.82, 2.24) is 5.32 Å². The van der Waals surface area contributed by atoms with Gasteiger partial charge in [-0.05, 0) is 49.9 Å². The van der Waals surface area contributed by atoms with E-state index in [1.165, 1.54) is 0 Å². The second-order valence-corrected chi connectivity index (χ2v) is 6.58. The molecule has 1 N–H and O–H groups in total. The summed E-state index contributed by atoms with van der Waals surface area (Å²) in [5.41, 5.74) is 1.76. The molecule has 0 aromatic heterocycles. The molecule has 0 aliphatic carbocycles. The zero-order valence-corrected chi connectivity index (χ0v) is 13.6. The molecule has 0 fully saturated rings. The van der Waals surface area contributed by atoms with E-state index >= 15 is 0 Å². The number of rotatable bonds is 6. The van der Waals surface area contributed by atoms with Crippen molar-refractivity contribution in [3.05, 3.63) is 29.1 Å². The van der Waals surface area contributed by atoms with E-state index in [1.54, 1.807) is 19.1 Å². The summed E-state index contributed by atoms with van der Waals surface area (Å²) in [5, 5.41) is 3.31. The third-order valence-corrected chi connectivity index (χ3v) is 3.38. The quantitative estimate of drug-likeness (QED) is 0.821. The summed E-state index contributed by atoms with van der Waals surface area (Å²) in [4.78, 5) is 0. The van der Waals surface area contributed by atoms with Crippen LogP contribution in [0.15, 0.2) is 12.1 Å². The van der Waals surface area contributed by atoms with E-state index in [2.05, 4.69) is 26.1 Å². The van der Waals surface area contributed by atoms with E-state index in [0.29, 0.717) is 12.2 Å². The zero-order chi connectivity index (χ0) is 15.3. The maximum Gasteiger partial charge on any atom is 0.126 e. The Balaban J connectivity index is 2.89. The van der Waals surface area contributed by atoms with Crippen LogP contribution in [0.4, 0.5) is 4.39 Å². The first-order valence-corrected chi connectivity index (χ1v) is 7.41. The van der Waals surface area contributed by atoms with Gasteiger partial charge in [-0.25, -0.2) is 4.39 Å². The molecule has 0 aliphatic heterocycles. The lowest BCUT2D eigenvalue weighted by Gasteiger charge is -2.21. The Hall–Kier alpha value is -1.09. The summed E-state index contributed by atoms with van der Waals surface area (Å²) in [7, 11) is 0. The lowest BCUT2D eigenvalue weighted by Crippen LogP contribution is -2.19. The molecule has 0 radical (unpaired) electrons. The van der Waals surface area contributed by atoms with Gasteiger partial charge >= 0.3 is 0 Å². The van der Waals surface area contributed by atoms with E-state index in [-0.39, 0.29) is 17.3 Å². The van der Waals surface area contributed by atoms with Crippen LogP contribution in [0.5, 0.6) is 5.75 Å². The number of aryl methyl sites for hydroxylation is 1. The van der Waals surface area contributed by atoms with Gasteiger partial charge in [0, 0.05) is 11.6 Å². The van der Waals surface area contributed by atoms with E-state index in [0.717, 1.165) is 24.3 Å². The summed E-state index contributed by atoms with van der Waals surface area (Å²) in [6.45, 7) is 13.9. The van der Waals surface area contributed by atoms with Crippen molar-refractivity contribution in [3.63, 3.8) is 0 Å². The van der Waals surface area contributed by atoms with Crippen molar-refractivity contribution in [3.8, 4) is 5.75 Å². The lowest BCUT2D eigenvalue weighted by molar-refractivity contribution is 0.239. The summed E-state index contributed by atoms with van der Waals surface area (Å²) in [6.07, 6.45) is 0.971. The molecule has 0 amide bonds. The van der Waals surface area contributed by atoms with E-state index < -0.39 is 0 Å². The second kappa shape index (κ2) is 7.07. The van der Waals surface area contributed by atoms with Crippen LogP contribution in [0.1, 0.15) is 58.2 Å². The summed E-state index contributed by atoms with van der Waals surface area (Å²) < 4.78 is 19.7. The number of benzene rings is 1. The van der Waals surface area contributed by atoms with E-state index in [4.69, 9.17) is 4.74 Å². The zero-order valence-electron chi connectivity index (χ0n) is 13.6. The van der Waals surface area contributed by atoms with Crippen LogP contribution in [0, 0.1) is 18.2 Å². The first-order chi connectivity index (χ1) is 9.24. The summed E-state index contributed by atoms with van der Waals surface area (Å²) in [6, 6.07) is 3.48. The molecule has 3 heteroatoms. The number of halogens is 1. The van der Waals surface area contributed by atoms with Gasteiger partial charge in [-0.15, -0.1) is 0 Å². The van der Waals surface area contributed by atoms with Gasteiger partial charge < -0.3 is 10.1 Å². The third kappa shape index (κ3) is 5.12. The van der Waals surface area contributed by atoms with Crippen LogP contribution in [-0.4, -0.2) is 13.2 Å². The molecular weight excluding hydrogens is 253 g/mol. The minimum absolute atomic E-state index is 0.0831. The molecule has 1 unspecified atom stereocenters. The Morgan fingerprint density at radius 1 is 1.30 bits per heavy atom. The van der Waals surface area contributed by atoms with Crippen LogP contribution in [-0.2, 0) is 0 Å². The average Bonchev–Trinajstić information content (AvgIpc) is 2.32. The number of hydrogen-bond acceptors (Lipinski definition) is 2. The van der Waals surface area contributed by atoms with E-state index in [9.17, 15) is 4.39 Å². The van der Waals surface area contributed by atoms with Gasteiger partial charge in [-0.3, -0.25) is 0 Å². The molecule has 0 saturated heterocycles. The van der Waals surface area contributed by atoms with Crippen LogP contribution in [0.25, 0.3) is 0 Å². The Morgan fingerprint density at radius 2 is 1.95 bits per heavy atom. The maximum atomic E-state index is 13.8. The molecule has 20 heavy (non-hydrogen) atoms. The number of nitrogens with one attached hydrogen (secondary N) is 1. The van der Waals surface area contributed by atoms with Crippen molar-refractivity contribution in [2.24, 2.45) is 5.41 Å². The summed E-state index contributed by atoms with van der Waals surface area (Å²) >= 11 is 0. The number of hydrogen-bond donors (Lipinski definition) is 1. The van der Waals surface area contributed by atoms with Crippen molar-refractivity contribution in [1.29, 1.82) is 0 Å². The normalized spacial score (nSPS) is 13.3. The van der Waals surface area contributed by atoms with Gasteiger partial charge in [0.05, 0.1) is 6.61 Å². The molecule has 1 atom stereocenters. The SMILES string of the molecule is CCNC(C)c1cc(F)c(C)cc1OCCC(C)(C)C. The highest BCUT2D eigenvalue weighted by atomic mass is 19.1. The molecular formula is C17H28FNO. The van der Waals surface area contributed by atoms with Crippen molar-refractivity contribution in [2.45, 2.75) is 54.0 Å². The van der Waals surface area contributed by atoms with Gasteiger partial charge in [0.25, 0.3) is 0 Å². The maximum absolute atomic E-state index is 13.8. The van der Waals surface area contributed by atoms with Gasteiger partial charge in [0.1, 0.15) is 11.6 Å². The molecule has 0 spiro atoms. The molecule has 0 saturated carbocycles. The minimum atomic E-state index is -0.173. The third-order valence-electron chi connectivity index (χ3n) is 3.38. The van der Waals surface area contributed by atoms with Crippen LogP contribution < -0.4 is 10.1 Å². The van der Waals surface area contributed by atoms with Crippen LogP contribution >= 0.6 is 0 Å². The molecule has 0 heterocycles. The second-order valence-electron chi connectivity index (χ2n) is 6.58. The highest BCUT2D eigenvalue weighted by molar-refractivity contribution is 5.40. The van der Waals surface area contributed by atoms with Crippen molar-refractivity contribution in [2.75, 3.05) is 13.2 Å². The van der Waals surface area contributed by atoms with Gasteiger partial charge in [-0.2, -0.15) is 0 Å². The predicted octanol–water partition coefficient (Wildman–Crippen LogP) is 4.62. The van der Waals surface area contributed by atoms with E-state index in [1.807, 2.05) is 13.8 Å². The molecule has 2 nitrogen and oxygen atoms in total. The fourth-order valence-electron chi connectivity index (χ4n) is 2.02. The average molecular weight is 281 g/mol. The molecule has 1 rings (SSSR count). The van der Waals surface area contributed by atoms with Gasteiger partial charge in [-0.1, -0.05) is 27.7 Å². The fourth-order valence-corrected chi connectivity index (χ4v) is 2.02. The predicted molar refractivity (Wildman–Crippen MR) is 82.8 cm³/mol. The highest BCUT2D eigenvalue weighted by Gasteiger charge is 2.16. The van der Waals surface area contributed by atoms with Crippen LogP contribution in [0.3, 0.4) is 0 Å².